The molecule has 1 aliphatic heterocycles. The van der Waals surface area contributed by atoms with E-state index in [2.05, 4.69) is 5.32 Å². The molecule has 2 aromatic heterocycles. The van der Waals surface area contributed by atoms with E-state index in [0.717, 1.165) is 51.7 Å². The number of rotatable bonds is 6. The summed E-state index contributed by atoms with van der Waals surface area (Å²) in [5.74, 6) is 0.457. The van der Waals surface area contributed by atoms with E-state index in [0.29, 0.717) is 6.54 Å². The SMILES string of the molecule is COc1ccc(C2=NCC(=O)N(CC(=O)NCc3cccs3)c3sc4c(c32)CCC4)cc1. The first-order chi connectivity index (χ1) is 15.6. The van der Waals surface area contributed by atoms with Crippen molar-refractivity contribution < 1.29 is 14.3 Å². The average molecular weight is 466 g/mol. The number of aliphatic imine (C=N–C) groups is 1. The summed E-state index contributed by atoms with van der Waals surface area (Å²) in [4.78, 5) is 34.5. The normalized spacial score (nSPS) is 15.1. The third-order valence-corrected chi connectivity index (χ3v) is 7.95. The number of carbonyl (C=O) groups is 2. The Balaban J connectivity index is 1.47. The molecule has 0 bridgehead atoms. The van der Waals surface area contributed by atoms with Crippen LogP contribution in [-0.2, 0) is 29.0 Å². The molecule has 3 aromatic rings. The number of hydrogen-bond acceptors (Lipinski definition) is 6. The number of thiophene rings is 2. The van der Waals surface area contributed by atoms with Crippen LogP contribution < -0.4 is 15.0 Å². The molecule has 8 heteroatoms. The third kappa shape index (κ3) is 3.96. The summed E-state index contributed by atoms with van der Waals surface area (Å²) < 4.78 is 5.29. The van der Waals surface area contributed by atoms with Crippen LogP contribution in [0.15, 0.2) is 46.8 Å². The first kappa shape index (κ1) is 20.9. The molecule has 0 radical (unpaired) electrons. The van der Waals surface area contributed by atoms with Crippen LogP contribution in [0, 0.1) is 0 Å². The zero-order valence-electron chi connectivity index (χ0n) is 17.7. The van der Waals surface area contributed by atoms with Crippen LogP contribution in [0.3, 0.4) is 0 Å². The van der Waals surface area contributed by atoms with Gasteiger partial charge in [-0.3, -0.25) is 19.5 Å². The maximum Gasteiger partial charge on any atom is 0.249 e. The zero-order valence-corrected chi connectivity index (χ0v) is 19.4. The monoisotopic (exact) mass is 465 g/mol. The Morgan fingerprint density at radius 2 is 2.06 bits per heavy atom. The van der Waals surface area contributed by atoms with E-state index >= 15 is 0 Å². The highest BCUT2D eigenvalue weighted by molar-refractivity contribution is 7.17. The number of methoxy groups -OCH3 is 1. The van der Waals surface area contributed by atoms with Crippen LogP contribution in [0.25, 0.3) is 0 Å². The molecule has 1 aromatic carbocycles. The van der Waals surface area contributed by atoms with Crippen LogP contribution >= 0.6 is 22.7 Å². The molecule has 0 saturated heterocycles. The van der Waals surface area contributed by atoms with Gasteiger partial charge in [-0.2, -0.15) is 0 Å². The number of benzene rings is 1. The summed E-state index contributed by atoms with van der Waals surface area (Å²) in [5.41, 5.74) is 4.08. The molecule has 1 aliphatic carbocycles. The van der Waals surface area contributed by atoms with E-state index in [1.165, 1.54) is 10.4 Å². The standard InChI is InChI=1S/C24H23N3O3S2/c1-30-16-9-7-15(8-10-16)23-22-18-5-2-6-19(18)32-24(22)27(21(29)13-26-23)14-20(28)25-12-17-4-3-11-31-17/h3-4,7-11H,2,5-6,12-14H2,1H3,(H,25,28). The van der Waals surface area contributed by atoms with Crippen LogP contribution in [0.4, 0.5) is 5.00 Å². The van der Waals surface area contributed by atoms with Gasteiger partial charge in [-0.25, -0.2) is 0 Å². The Morgan fingerprint density at radius 3 is 2.81 bits per heavy atom. The van der Waals surface area contributed by atoms with Crippen LogP contribution in [0.1, 0.15) is 32.9 Å². The molecule has 0 saturated carbocycles. The summed E-state index contributed by atoms with van der Waals surface area (Å²) in [5, 5.41) is 5.77. The second kappa shape index (κ2) is 8.88. The van der Waals surface area contributed by atoms with Crippen molar-refractivity contribution in [3.63, 3.8) is 0 Å². The number of nitrogens with zero attached hydrogens (tertiary/aromatic N) is 2. The predicted molar refractivity (Wildman–Crippen MR) is 128 cm³/mol. The lowest BCUT2D eigenvalue weighted by Crippen LogP contribution is -2.41. The van der Waals surface area contributed by atoms with Crippen molar-refractivity contribution in [1.82, 2.24) is 5.32 Å². The molecule has 2 amide bonds. The van der Waals surface area contributed by atoms with E-state index in [1.54, 1.807) is 34.7 Å². The molecular formula is C24H23N3O3S2. The molecule has 0 spiro atoms. The summed E-state index contributed by atoms with van der Waals surface area (Å²) >= 11 is 3.23. The topological polar surface area (TPSA) is 71.0 Å². The predicted octanol–water partition coefficient (Wildman–Crippen LogP) is 3.81. The smallest absolute Gasteiger partial charge is 0.249 e. The molecule has 3 heterocycles. The Morgan fingerprint density at radius 1 is 1.22 bits per heavy atom. The Labute approximate surface area is 194 Å². The van der Waals surface area contributed by atoms with Crippen molar-refractivity contribution in [1.29, 1.82) is 0 Å². The highest BCUT2D eigenvalue weighted by Crippen LogP contribution is 2.43. The zero-order chi connectivity index (χ0) is 22.1. The minimum atomic E-state index is -0.167. The number of fused-ring (bicyclic) bond motifs is 3. The maximum atomic E-state index is 13.1. The number of ether oxygens (including phenoxy) is 1. The lowest BCUT2D eigenvalue weighted by Gasteiger charge is -2.20. The number of aryl methyl sites for hydroxylation is 1. The van der Waals surface area contributed by atoms with Crippen molar-refractivity contribution in [3.8, 4) is 5.75 Å². The highest BCUT2D eigenvalue weighted by atomic mass is 32.1. The van der Waals surface area contributed by atoms with Gasteiger partial charge in [0.15, 0.2) is 0 Å². The van der Waals surface area contributed by atoms with Crippen molar-refractivity contribution >= 4 is 45.2 Å². The number of carbonyl (C=O) groups excluding carboxylic acids is 2. The largest absolute Gasteiger partial charge is 0.497 e. The fourth-order valence-corrected chi connectivity index (χ4v) is 6.24. The summed E-state index contributed by atoms with van der Waals surface area (Å²) in [6.45, 7) is 0.498. The van der Waals surface area contributed by atoms with Gasteiger partial charge in [0.1, 0.15) is 23.8 Å². The first-order valence-electron chi connectivity index (χ1n) is 10.6. The van der Waals surface area contributed by atoms with Crippen molar-refractivity contribution in [2.45, 2.75) is 25.8 Å². The van der Waals surface area contributed by atoms with E-state index in [4.69, 9.17) is 9.73 Å². The molecule has 32 heavy (non-hydrogen) atoms. The fourth-order valence-electron chi connectivity index (χ4n) is 4.19. The average Bonchev–Trinajstić information content (AvgIpc) is 3.53. The third-order valence-electron chi connectivity index (χ3n) is 5.76. The molecule has 0 fully saturated rings. The quantitative estimate of drug-likeness (QED) is 0.602. The molecular weight excluding hydrogens is 442 g/mol. The van der Waals surface area contributed by atoms with Gasteiger partial charge in [0.05, 0.1) is 19.4 Å². The highest BCUT2D eigenvalue weighted by Gasteiger charge is 2.33. The van der Waals surface area contributed by atoms with E-state index in [1.807, 2.05) is 41.8 Å². The lowest BCUT2D eigenvalue weighted by atomic mass is 9.99. The number of hydrogen-bond donors (Lipinski definition) is 1. The molecule has 6 nitrogen and oxygen atoms in total. The van der Waals surface area contributed by atoms with Gasteiger partial charge in [0, 0.05) is 20.9 Å². The second-order valence-electron chi connectivity index (χ2n) is 7.77. The Hall–Kier alpha value is -2.97. The van der Waals surface area contributed by atoms with Gasteiger partial charge in [-0.1, -0.05) is 6.07 Å². The van der Waals surface area contributed by atoms with Crippen LogP contribution in [0.2, 0.25) is 0 Å². The van der Waals surface area contributed by atoms with E-state index < -0.39 is 0 Å². The van der Waals surface area contributed by atoms with E-state index in [9.17, 15) is 9.59 Å². The minimum absolute atomic E-state index is 0.00200. The van der Waals surface area contributed by atoms with Crippen molar-refractivity contribution in [2.24, 2.45) is 4.99 Å². The molecule has 5 rings (SSSR count). The minimum Gasteiger partial charge on any atom is -0.497 e. The summed E-state index contributed by atoms with van der Waals surface area (Å²) in [6.07, 6.45) is 3.10. The fraction of sp³-hybridized carbons (Fsp3) is 0.292. The summed E-state index contributed by atoms with van der Waals surface area (Å²) in [7, 11) is 1.64. The van der Waals surface area contributed by atoms with Gasteiger partial charge >= 0.3 is 0 Å². The number of anilines is 1. The maximum absolute atomic E-state index is 13.1. The van der Waals surface area contributed by atoms with Gasteiger partial charge in [0.25, 0.3) is 0 Å². The lowest BCUT2D eigenvalue weighted by molar-refractivity contribution is -0.123. The number of nitrogens with one attached hydrogen (secondary N) is 1. The second-order valence-corrected chi connectivity index (χ2v) is 9.88. The number of amides is 2. The molecule has 2 aliphatic rings. The van der Waals surface area contributed by atoms with E-state index in [-0.39, 0.29) is 24.9 Å². The molecule has 164 valence electrons. The van der Waals surface area contributed by atoms with Crippen LogP contribution in [-0.4, -0.2) is 37.7 Å². The molecule has 0 unspecified atom stereocenters. The summed E-state index contributed by atoms with van der Waals surface area (Å²) in [6, 6.07) is 11.7. The van der Waals surface area contributed by atoms with Gasteiger partial charge in [-0.15, -0.1) is 22.7 Å². The Kier molecular flexibility index (Phi) is 5.80. The van der Waals surface area contributed by atoms with Crippen molar-refractivity contribution in [2.75, 3.05) is 25.1 Å². The van der Waals surface area contributed by atoms with Crippen molar-refractivity contribution in [3.05, 3.63) is 68.2 Å². The van der Waals surface area contributed by atoms with Crippen LogP contribution in [0.5, 0.6) is 5.75 Å². The molecule has 0 atom stereocenters. The van der Waals surface area contributed by atoms with Gasteiger partial charge in [-0.05, 0) is 60.5 Å². The van der Waals surface area contributed by atoms with Gasteiger partial charge in [0.2, 0.25) is 11.8 Å². The Bertz CT molecular complexity index is 1180. The van der Waals surface area contributed by atoms with Gasteiger partial charge < -0.3 is 10.1 Å². The first-order valence-corrected chi connectivity index (χ1v) is 12.3. The molecule has 1 N–H and O–H groups in total.